The van der Waals surface area contributed by atoms with Crippen LogP contribution >= 0.6 is 0 Å². The highest BCUT2D eigenvalue weighted by Gasteiger charge is 2.24. The van der Waals surface area contributed by atoms with Crippen LogP contribution in [-0.4, -0.2) is 19.1 Å². The summed E-state index contributed by atoms with van der Waals surface area (Å²) in [6.45, 7) is 2.26. The van der Waals surface area contributed by atoms with E-state index in [4.69, 9.17) is 14.4 Å². The maximum atomic E-state index is 6.79. The number of aromatic nitrogens is 4. The highest BCUT2D eigenvalue weighted by atomic mass is 16.3. The van der Waals surface area contributed by atoms with Gasteiger partial charge in [0.05, 0.1) is 38.7 Å². The van der Waals surface area contributed by atoms with Gasteiger partial charge in [-0.15, -0.1) is 0 Å². The van der Waals surface area contributed by atoms with E-state index in [0.717, 1.165) is 95.2 Å². The van der Waals surface area contributed by atoms with E-state index in [2.05, 4.69) is 180 Å². The van der Waals surface area contributed by atoms with Crippen LogP contribution in [0.15, 0.2) is 174 Å². The Balaban J connectivity index is 1.15. The highest BCUT2D eigenvalue weighted by molar-refractivity contribution is 6.34. The molecule has 0 aliphatic heterocycles. The SMILES string of the molecule is CC1C=CC=C(c2nc(-c3cccc(-n4c5ccccc5c5c6c7c8oc9ccccc9c8ccc7n(-c7ccccc7)c6ccc54)c3)nc3ccccc23)C1. The van der Waals surface area contributed by atoms with Crippen LogP contribution in [0.2, 0.25) is 0 Å². The predicted octanol–water partition coefficient (Wildman–Crippen LogP) is 13.4. The number of furan rings is 1. The summed E-state index contributed by atoms with van der Waals surface area (Å²) in [6, 6.07) is 53.9. The van der Waals surface area contributed by atoms with Gasteiger partial charge in [0.25, 0.3) is 0 Å². The second-order valence-electron chi connectivity index (χ2n) is 15.0. The van der Waals surface area contributed by atoms with Crippen molar-refractivity contribution in [3.63, 3.8) is 0 Å². The molecular weight excluding hydrogens is 685 g/mol. The van der Waals surface area contributed by atoms with E-state index in [9.17, 15) is 0 Å². The third-order valence-electron chi connectivity index (χ3n) is 11.6. The van der Waals surface area contributed by atoms with Gasteiger partial charge in [-0.3, -0.25) is 0 Å². The third kappa shape index (κ3) is 4.48. The molecule has 4 heterocycles. The van der Waals surface area contributed by atoms with Crippen LogP contribution < -0.4 is 0 Å². The lowest BCUT2D eigenvalue weighted by Gasteiger charge is -2.17. The van der Waals surface area contributed by atoms with Crippen molar-refractivity contribution in [1.82, 2.24) is 19.1 Å². The molecule has 56 heavy (non-hydrogen) atoms. The van der Waals surface area contributed by atoms with Gasteiger partial charge in [-0.1, -0.05) is 110 Å². The van der Waals surface area contributed by atoms with Crippen molar-refractivity contribution in [3.8, 4) is 22.8 Å². The van der Waals surface area contributed by atoms with Gasteiger partial charge in [0.1, 0.15) is 11.2 Å². The van der Waals surface area contributed by atoms with Crippen LogP contribution in [0.3, 0.4) is 0 Å². The third-order valence-corrected chi connectivity index (χ3v) is 11.6. The fourth-order valence-corrected chi connectivity index (χ4v) is 9.21. The summed E-state index contributed by atoms with van der Waals surface area (Å²) in [5.41, 5.74) is 12.7. The summed E-state index contributed by atoms with van der Waals surface area (Å²) >= 11 is 0. The van der Waals surface area contributed by atoms with Crippen LogP contribution in [-0.2, 0) is 0 Å². The van der Waals surface area contributed by atoms with Crippen LogP contribution in [0.4, 0.5) is 0 Å². The monoisotopic (exact) mass is 718 g/mol. The minimum atomic E-state index is 0.460. The normalized spacial score (nSPS) is 14.7. The Morgan fingerprint density at radius 2 is 1.25 bits per heavy atom. The van der Waals surface area contributed by atoms with E-state index in [1.807, 2.05) is 6.07 Å². The molecular formula is C51H34N4O. The van der Waals surface area contributed by atoms with Crippen molar-refractivity contribution in [3.05, 3.63) is 176 Å². The van der Waals surface area contributed by atoms with Crippen molar-refractivity contribution < 1.29 is 4.42 Å². The second kappa shape index (κ2) is 11.9. The van der Waals surface area contributed by atoms with E-state index in [1.165, 1.54) is 21.7 Å². The maximum absolute atomic E-state index is 6.79. The quantitative estimate of drug-likeness (QED) is 0.182. The Hall–Kier alpha value is -7.24. The van der Waals surface area contributed by atoms with Crippen molar-refractivity contribution >= 4 is 82.0 Å². The number of allylic oxidation sites excluding steroid dienone is 4. The lowest BCUT2D eigenvalue weighted by atomic mass is 9.92. The summed E-state index contributed by atoms with van der Waals surface area (Å²) in [7, 11) is 0. The van der Waals surface area contributed by atoms with Crippen LogP contribution in [0.25, 0.3) is 105 Å². The lowest BCUT2D eigenvalue weighted by Crippen LogP contribution is -2.03. The Kier molecular flexibility index (Phi) is 6.61. The van der Waals surface area contributed by atoms with E-state index in [0.29, 0.717) is 5.92 Å². The average Bonchev–Trinajstić information content (AvgIpc) is 3.91. The molecule has 1 aliphatic carbocycles. The first-order chi connectivity index (χ1) is 27.7. The summed E-state index contributed by atoms with van der Waals surface area (Å²) in [6.07, 6.45) is 7.58. The van der Waals surface area contributed by atoms with E-state index < -0.39 is 0 Å². The average molecular weight is 719 g/mol. The molecule has 5 nitrogen and oxygen atoms in total. The molecule has 0 saturated carbocycles. The van der Waals surface area contributed by atoms with Gasteiger partial charge < -0.3 is 13.6 Å². The Morgan fingerprint density at radius 1 is 0.554 bits per heavy atom. The minimum Gasteiger partial charge on any atom is -0.455 e. The summed E-state index contributed by atoms with van der Waals surface area (Å²) in [4.78, 5) is 10.4. The van der Waals surface area contributed by atoms with Gasteiger partial charge in [0.15, 0.2) is 5.82 Å². The molecule has 4 aromatic heterocycles. The van der Waals surface area contributed by atoms with Gasteiger partial charge >= 0.3 is 0 Å². The van der Waals surface area contributed by atoms with Crippen molar-refractivity contribution in [2.24, 2.45) is 5.92 Å². The van der Waals surface area contributed by atoms with Gasteiger partial charge in [-0.2, -0.15) is 0 Å². The molecule has 5 heteroatoms. The molecule has 0 N–H and O–H groups in total. The molecule has 0 fully saturated rings. The number of nitrogens with zero attached hydrogens (tertiary/aromatic N) is 4. The zero-order valence-corrected chi connectivity index (χ0v) is 30.6. The van der Waals surface area contributed by atoms with Crippen molar-refractivity contribution in [2.45, 2.75) is 13.3 Å². The first kappa shape index (κ1) is 31.1. The fraction of sp³-hybridized carbons (Fsp3) is 0.0588. The first-order valence-electron chi connectivity index (χ1n) is 19.3. The molecule has 1 aliphatic rings. The largest absolute Gasteiger partial charge is 0.455 e. The lowest BCUT2D eigenvalue weighted by molar-refractivity contribution is 0.673. The van der Waals surface area contributed by atoms with Gasteiger partial charge in [0.2, 0.25) is 0 Å². The summed E-state index contributed by atoms with van der Waals surface area (Å²) < 4.78 is 11.6. The molecule has 0 amide bonds. The minimum absolute atomic E-state index is 0.460. The number of hydrogen-bond donors (Lipinski definition) is 0. The van der Waals surface area contributed by atoms with Crippen LogP contribution in [0.1, 0.15) is 19.0 Å². The Morgan fingerprint density at radius 3 is 2.12 bits per heavy atom. The summed E-state index contributed by atoms with van der Waals surface area (Å²) in [5.74, 6) is 1.19. The zero-order chi connectivity index (χ0) is 36.9. The number of rotatable bonds is 4. The van der Waals surface area contributed by atoms with Crippen molar-refractivity contribution in [1.29, 1.82) is 0 Å². The standard InChI is InChI=1S/C51H34N4O/c1-31-13-11-14-32(29-31)49-38-20-5-8-22-40(38)52-51(53-49)33-15-12-18-35(30-33)55-41-23-9-6-21-39(41)46-42(55)27-28-43-47(46)48-44(54(43)34-16-3-2-4-17-34)26-25-37-36-19-7-10-24-45(36)56-50(37)48/h2-28,30-31H,29H2,1H3. The predicted molar refractivity (Wildman–Crippen MR) is 232 cm³/mol. The van der Waals surface area contributed by atoms with Gasteiger partial charge in [-0.25, -0.2) is 9.97 Å². The molecule has 0 spiro atoms. The smallest absolute Gasteiger partial charge is 0.160 e. The molecule has 0 saturated heterocycles. The number of fused-ring (bicyclic) bond motifs is 12. The molecule has 7 aromatic carbocycles. The molecule has 264 valence electrons. The molecule has 11 aromatic rings. The number of benzene rings is 7. The molecule has 12 rings (SSSR count). The second-order valence-corrected chi connectivity index (χ2v) is 15.0. The van der Waals surface area contributed by atoms with Gasteiger partial charge in [0, 0.05) is 49.3 Å². The molecule has 1 atom stereocenters. The van der Waals surface area contributed by atoms with E-state index in [-0.39, 0.29) is 0 Å². The number of hydrogen-bond acceptors (Lipinski definition) is 3. The fourth-order valence-electron chi connectivity index (χ4n) is 9.21. The zero-order valence-electron chi connectivity index (χ0n) is 30.6. The summed E-state index contributed by atoms with van der Waals surface area (Å²) in [5, 5.41) is 8.03. The van der Waals surface area contributed by atoms with Crippen LogP contribution in [0, 0.1) is 5.92 Å². The van der Waals surface area contributed by atoms with E-state index in [1.54, 1.807) is 0 Å². The molecule has 1 unspecified atom stereocenters. The highest BCUT2D eigenvalue weighted by Crippen LogP contribution is 2.46. The Bertz CT molecular complexity index is 3470. The molecule has 0 bridgehead atoms. The van der Waals surface area contributed by atoms with E-state index >= 15 is 0 Å². The topological polar surface area (TPSA) is 48.8 Å². The van der Waals surface area contributed by atoms with Crippen LogP contribution in [0.5, 0.6) is 0 Å². The van der Waals surface area contributed by atoms with Gasteiger partial charge in [-0.05, 0) is 84.6 Å². The first-order valence-corrected chi connectivity index (χ1v) is 19.3. The maximum Gasteiger partial charge on any atom is 0.160 e. The number of para-hydroxylation sites is 4. The Labute approximate surface area is 322 Å². The molecule has 0 radical (unpaired) electrons. The van der Waals surface area contributed by atoms with Crippen molar-refractivity contribution in [2.75, 3.05) is 0 Å².